The molecule has 0 bridgehead atoms. The lowest BCUT2D eigenvalue weighted by Gasteiger charge is -2.26. The van der Waals surface area contributed by atoms with Crippen LogP contribution >= 0.6 is 0 Å². The molecular weight excluding hydrogens is 325 g/mol. The van der Waals surface area contributed by atoms with Gasteiger partial charge in [0.1, 0.15) is 17.7 Å². The van der Waals surface area contributed by atoms with E-state index >= 15 is 0 Å². The van der Waals surface area contributed by atoms with Crippen LogP contribution in [-0.4, -0.2) is 12.6 Å². The zero-order valence-electron chi connectivity index (χ0n) is 14.6. The molecular formula is C23H22FNO. The second-order valence-electron chi connectivity index (χ2n) is 6.72. The molecule has 132 valence electrons. The molecule has 0 aromatic heterocycles. The Balaban J connectivity index is 1.34. The van der Waals surface area contributed by atoms with Crippen molar-refractivity contribution in [3.8, 4) is 16.9 Å². The standard InChI is InChI=1S/C23H22FNO/c24-21-11-8-18(9-12-21)20-6-3-4-17(14-20)15-25-16-22-13-10-19-5-1-2-7-23(19)26-22/h1-9,11-12,14,22,25H,10,13,15-16H2. The first-order valence-corrected chi connectivity index (χ1v) is 9.08. The average Bonchev–Trinajstić information content (AvgIpc) is 2.69. The molecule has 3 heteroatoms. The first kappa shape index (κ1) is 16.8. The molecule has 3 aromatic rings. The van der Waals surface area contributed by atoms with Crippen LogP contribution < -0.4 is 10.1 Å². The Labute approximate surface area is 153 Å². The van der Waals surface area contributed by atoms with E-state index in [0.29, 0.717) is 0 Å². The summed E-state index contributed by atoms with van der Waals surface area (Å²) >= 11 is 0. The van der Waals surface area contributed by atoms with E-state index in [1.165, 1.54) is 23.3 Å². The van der Waals surface area contributed by atoms with E-state index in [2.05, 4.69) is 35.6 Å². The molecule has 0 saturated carbocycles. The third kappa shape index (κ3) is 3.94. The van der Waals surface area contributed by atoms with Crippen LogP contribution in [0, 0.1) is 5.82 Å². The molecule has 26 heavy (non-hydrogen) atoms. The summed E-state index contributed by atoms with van der Waals surface area (Å²) in [5, 5.41) is 3.51. The Hall–Kier alpha value is -2.65. The van der Waals surface area contributed by atoms with Crippen LogP contribution in [0.15, 0.2) is 72.8 Å². The van der Waals surface area contributed by atoms with Gasteiger partial charge in [0.25, 0.3) is 0 Å². The van der Waals surface area contributed by atoms with Crippen molar-refractivity contribution in [1.29, 1.82) is 0 Å². The van der Waals surface area contributed by atoms with Gasteiger partial charge in [0.05, 0.1) is 0 Å². The molecule has 0 saturated heterocycles. The van der Waals surface area contributed by atoms with Crippen molar-refractivity contribution < 1.29 is 9.13 Å². The van der Waals surface area contributed by atoms with Gasteiger partial charge in [-0.05, 0) is 59.4 Å². The van der Waals surface area contributed by atoms with Gasteiger partial charge in [0.2, 0.25) is 0 Å². The summed E-state index contributed by atoms with van der Waals surface area (Å²) in [5.41, 5.74) is 4.64. The zero-order chi connectivity index (χ0) is 17.8. The lowest BCUT2D eigenvalue weighted by atomic mass is 10.0. The number of rotatable bonds is 5. The highest BCUT2D eigenvalue weighted by atomic mass is 19.1. The van der Waals surface area contributed by atoms with E-state index in [4.69, 9.17) is 4.74 Å². The van der Waals surface area contributed by atoms with Gasteiger partial charge < -0.3 is 10.1 Å². The summed E-state index contributed by atoms with van der Waals surface area (Å²) in [6.07, 6.45) is 2.33. The second-order valence-corrected chi connectivity index (χ2v) is 6.72. The fraction of sp³-hybridized carbons (Fsp3) is 0.217. The van der Waals surface area contributed by atoms with Crippen molar-refractivity contribution in [1.82, 2.24) is 5.32 Å². The Bertz CT molecular complexity index is 875. The van der Waals surface area contributed by atoms with Crippen LogP contribution in [0.4, 0.5) is 4.39 Å². The van der Waals surface area contributed by atoms with E-state index in [1.54, 1.807) is 0 Å². The Kier molecular flexibility index (Phi) is 4.98. The van der Waals surface area contributed by atoms with Crippen LogP contribution in [-0.2, 0) is 13.0 Å². The summed E-state index contributed by atoms with van der Waals surface area (Å²) in [7, 11) is 0. The molecule has 1 atom stereocenters. The lowest BCUT2D eigenvalue weighted by molar-refractivity contribution is 0.170. The van der Waals surface area contributed by atoms with Gasteiger partial charge in [-0.1, -0.05) is 48.5 Å². The normalized spacial score (nSPS) is 16.0. The van der Waals surface area contributed by atoms with Crippen molar-refractivity contribution in [2.24, 2.45) is 0 Å². The number of fused-ring (bicyclic) bond motifs is 1. The van der Waals surface area contributed by atoms with Gasteiger partial charge in [-0.25, -0.2) is 4.39 Å². The first-order valence-electron chi connectivity index (χ1n) is 9.08. The largest absolute Gasteiger partial charge is 0.489 e. The highest BCUT2D eigenvalue weighted by Crippen LogP contribution is 2.27. The Morgan fingerprint density at radius 1 is 0.923 bits per heavy atom. The van der Waals surface area contributed by atoms with E-state index in [-0.39, 0.29) is 11.9 Å². The number of halogens is 1. The number of ether oxygens (including phenoxy) is 1. The molecule has 0 fully saturated rings. The van der Waals surface area contributed by atoms with Crippen molar-refractivity contribution >= 4 is 0 Å². The van der Waals surface area contributed by atoms with Gasteiger partial charge in [0.15, 0.2) is 0 Å². The molecule has 1 heterocycles. The molecule has 4 rings (SSSR count). The van der Waals surface area contributed by atoms with E-state index in [0.717, 1.165) is 42.8 Å². The summed E-state index contributed by atoms with van der Waals surface area (Å²) in [6.45, 7) is 1.62. The van der Waals surface area contributed by atoms with Crippen molar-refractivity contribution in [3.05, 3.63) is 89.7 Å². The maximum atomic E-state index is 13.1. The second kappa shape index (κ2) is 7.71. The summed E-state index contributed by atoms with van der Waals surface area (Å²) < 4.78 is 19.2. The predicted octanol–water partition coefficient (Wildman–Crippen LogP) is 4.98. The van der Waals surface area contributed by atoms with Gasteiger partial charge >= 0.3 is 0 Å². The summed E-state index contributed by atoms with van der Waals surface area (Å²) in [4.78, 5) is 0. The maximum Gasteiger partial charge on any atom is 0.123 e. The minimum atomic E-state index is -0.208. The number of benzene rings is 3. The van der Waals surface area contributed by atoms with Gasteiger partial charge in [-0.3, -0.25) is 0 Å². The number of aryl methyl sites for hydroxylation is 1. The average molecular weight is 347 g/mol. The van der Waals surface area contributed by atoms with E-state index < -0.39 is 0 Å². The summed E-state index contributed by atoms with van der Waals surface area (Å²) in [6, 6.07) is 23.3. The molecule has 2 nitrogen and oxygen atoms in total. The third-order valence-electron chi connectivity index (χ3n) is 4.81. The summed E-state index contributed by atoms with van der Waals surface area (Å²) in [5.74, 6) is 0.810. The topological polar surface area (TPSA) is 21.3 Å². The lowest BCUT2D eigenvalue weighted by Crippen LogP contribution is -2.33. The maximum absolute atomic E-state index is 13.1. The van der Waals surface area contributed by atoms with Gasteiger partial charge in [-0.15, -0.1) is 0 Å². The number of nitrogens with one attached hydrogen (secondary N) is 1. The van der Waals surface area contributed by atoms with Crippen molar-refractivity contribution in [2.45, 2.75) is 25.5 Å². The highest BCUT2D eigenvalue weighted by Gasteiger charge is 2.18. The fourth-order valence-electron chi connectivity index (χ4n) is 3.40. The highest BCUT2D eigenvalue weighted by molar-refractivity contribution is 5.64. The van der Waals surface area contributed by atoms with Crippen LogP contribution in [0.2, 0.25) is 0 Å². The van der Waals surface area contributed by atoms with Crippen LogP contribution in [0.5, 0.6) is 5.75 Å². The van der Waals surface area contributed by atoms with Crippen LogP contribution in [0.1, 0.15) is 17.5 Å². The Morgan fingerprint density at radius 2 is 1.77 bits per heavy atom. The molecule has 0 amide bonds. The molecule has 1 unspecified atom stereocenters. The van der Waals surface area contributed by atoms with E-state index in [9.17, 15) is 4.39 Å². The molecule has 1 N–H and O–H groups in total. The first-order chi connectivity index (χ1) is 12.8. The molecule has 0 radical (unpaired) electrons. The molecule has 3 aromatic carbocycles. The minimum absolute atomic E-state index is 0.208. The fourth-order valence-corrected chi connectivity index (χ4v) is 3.40. The number of para-hydroxylation sites is 1. The molecule has 0 spiro atoms. The minimum Gasteiger partial charge on any atom is -0.489 e. The van der Waals surface area contributed by atoms with Gasteiger partial charge in [-0.2, -0.15) is 0 Å². The molecule has 1 aliphatic heterocycles. The molecule has 0 aliphatic carbocycles. The van der Waals surface area contributed by atoms with Crippen LogP contribution in [0.3, 0.4) is 0 Å². The smallest absolute Gasteiger partial charge is 0.123 e. The zero-order valence-corrected chi connectivity index (χ0v) is 14.6. The number of hydrogen-bond donors (Lipinski definition) is 1. The predicted molar refractivity (Wildman–Crippen MR) is 103 cm³/mol. The quantitative estimate of drug-likeness (QED) is 0.703. The van der Waals surface area contributed by atoms with Gasteiger partial charge in [0, 0.05) is 13.1 Å². The molecule has 1 aliphatic rings. The van der Waals surface area contributed by atoms with Crippen molar-refractivity contribution in [3.63, 3.8) is 0 Å². The third-order valence-corrected chi connectivity index (χ3v) is 4.81. The van der Waals surface area contributed by atoms with Crippen molar-refractivity contribution in [2.75, 3.05) is 6.54 Å². The SMILES string of the molecule is Fc1ccc(-c2cccc(CNCC3CCc4ccccc4O3)c2)cc1. The Morgan fingerprint density at radius 3 is 2.65 bits per heavy atom. The van der Waals surface area contributed by atoms with E-state index in [1.807, 2.05) is 30.3 Å². The van der Waals surface area contributed by atoms with Crippen LogP contribution in [0.25, 0.3) is 11.1 Å². The number of hydrogen-bond acceptors (Lipinski definition) is 2. The monoisotopic (exact) mass is 347 g/mol.